The Bertz CT molecular complexity index is 723. The third-order valence-corrected chi connectivity index (χ3v) is 4.41. The minimum atomic E-state index is -4.41. The highest BCUT2D eigenvalue weighted by Gasteiger charge is 2.29. The molecular weight excluding hydrogens is 516 g/mol. The van der Waals surface area contributed by atoms with Crippen molar-refractivity contribution in [2.24, 2.45) is 10.7 Å². The number of nitrogens with one attached hydrogen (secondary N) is 1. The Morgan fingerprint density at radius 2 is 2.00 bits per heavy atom. The predicted octanol–water partition coefficient (Wildman–Crippen LogP) is 3.58. The van der Waals surface area contributed by atoms with Crippen molar-refractivity contribution in [1.82, 2.24) is 10.2 Å². The molecule has 3 N–H and O–H groups in total. The summed E-state index contributed by atoms with van der Waals surface area (Å²) in [7, 11) is 0. The van der Waals surface area contributed by atoms with Gasteiger partial charge in [-0.25, -0.2) is 9.79 Å². The zero-order chi connectivity index (χ0) is 21.4. The van der Waals surface area contributed by atoms with Gasteiger partial charge in [0, 0.05) is 24.7 Å². The van der Waals surface area contributed by atoms with Crippen molar-refractivity contribution in [2.45, 2.75) is 45.5 Å². The van der Waals surface area contributed by atoms with Crippen LogP contribution in [0.25, 0.3) is 0 Å². The molecule has 0 unspecified atom stereocenters. The highest BCUT2D eigenvalue weighted by molar-refractivity contribution is 14.0. The van der Waals surface area contributed by atoms with Crippen LogP contribution in [0, 0.1) is 6.92 Å². The lowest BCUT2D eigenvalue weighted by atomic mass is 10.1. The van der Waals surface area contributed by atoms with Gasteiger partial charge < -0.3 is 25.4 Å². The van der Waals surface area contributed by atoms with Gasteiger partial charge in [-0.05, 0) is 38.3 Å². The molecule has 1 aromatic rings. The maximum absolute atomic E-state index is 12.5. The molecule has 1 aromatic carbocycles. The van der Waals surface area contributed by atoms with E-state index in [1.807, 2.05) is 0 Å². The lowest BCUT2D eigenvalue weighted by molar-refractivity contribution is -0.153. The summed E-state index contributed by atoms with van der Waals surface area (Å²) < 4.78 is 47.3. The average Bonchev–Trinajstić information content (AvgIpc) is 2.65. The van der Waals surface area contributed by atoms with Gasteiger partial charge in [-0.1, -0.05) is 12.1 Å². The highest BCUT2D eigenvalue weighted by atomic mass is 127. The molecule has 1 aliphatic rings. The van der Waals surface area contributed by atoms with Gasteiger partial charge in [-0.15, -0.1) is 24.0 Å². The van der Waals surface area contributed by atoms with E-state index in [4.69, 9.17) is 15.2 Å². The number of aryl methyl sites for hydroxylation is 1. The summed E-state index contributed by atoms with van der Waals surface area (Å²) in [6, 6.07) is 5.06. The van der Waals surface area contributed by atoms with Crippen molar-refractivity contribution in [1.29, 1.82) is 0 Å². The number of hydrogen-bond acceptors (Lipinski definition) is 4. The monoisotopic (exact) mass is 544 g/mol. The van der Waals surface area contributed by atoms with Crippen LogP contribution >= 0.6 is 24.0 Å². The molecule has 0 spiro atoms. The van der Waals surface area contributed by atoms with Crippen LogP contribution in [0.15, 0.2) is 23.2 Å². The van der Waals surface area contributed by atoms with Crippen LogP contribution in [0.4, 0.5) is 18.0 Å². The van der Waals surface area contributed by atoms with Gasteiger partial charge in [0.15, 0.2) is 12.6 Å². The molecule has 170 valence electrons. The normalized spacial score (nSPS) is 15.4. The van der Waals surface area contributed by atoms with Crippen LogP contribution in [0.2, 0.25) is 0 Å². The zero-order valence-electron chi connectivity index (χ0n) is 17.0. The second-order valence-corrected chi connectivity index (χ2v) is 6.82. The summed E-state index contributed by atoms with van der Waals surface area (Å²) in [5.74, 6) is 0.337. The van der Waals surface area contributed by atoms with Crippen molar-refractivity contribution in [3.8, 4) is 5.75 Å². The van der Waals surface area contributed by atoms with Crippen molar-refractivity contribution < 1.29 is 27.4 Å². The Morgan fingerprint density at radius 1 is 1.33 bits per heavy atom. The minimum Gasteiger partial charge on any atom is -0.484 e. The molecule has 0 aromatic heterocycles. The van der Waals surface area contributed by atoms with Crippen molar-refractivity contribution in [3.63, 3.8) is 0 Å². The SMILES string of the molecule is CCOC(=O)N1CCC(NC(N)=NCc2ccc(C)cc2OCC(F)(F)F)CC1.I. The number of amides is 1. The van der Waals surface area contributed by atoms with Crippen LogP contribution in [0.5, 0.6) is 5.75 Å². The largest absolute Gasteiger partial charge is 0.484 e. The average molecular weight is 544 g/mol. The third-order valence-electron chi connectivity index (χ3n) is 4.41. The third kappa shape index (κ3) is 8.84. The second kappa shape index (κ2) is 12.1. The fourth-order valence-electron chi connectivity index (χ4n) is 2.93. The second-order valence-electron chi connectivity index (χ2n) is 6.82. The fraction of sp³-hybridized carbons (Fsp3) is 0.579. The van der Waals surface area contributed by atoms with Crippen molar-refractivity contribution in [2.75, 3.05) is 26.3 Å². The van der Waals surface area contributed by atoms with Gasteiger partial charge in [0.2, 0.25) is 0 Å². The van der Waals surface area contributed by atoms with Gasteiger partial charge in [0.05, 0.1) is 13.2 Å². The predicted molar refractivity (Wildman–Crippen MR) is 118 cm³/mol. The van der Waals surface area contributed by atoms with Crippen LogP contribution in [-0.4, -0.2) is 55.5 Å². The molecule has 0 saturated carbocycles. The Balaban J connectivity index is 0.00000450. The quantitative estimate of drug-likeness (QED) is 0.325. The van der Waals surface area contributed by atoms with E-state index in [9.17, 15) is 18.0 Å². The molecule has 1 fully saturated rings. The molecule has 0 atom stereocenters. The molecular formula is C19H28F3IN4O3. The number of hydrogen-bond donors (Lipinski definition) is 2. The van der Waals surface area contributed by atoms with E-state index >= 15 is 0 Å². The number of likely N-dealkylation sites (tertiary alicyclic amines) is 1. The number of carbonyl (C=O) groups excluding carboxylic acids is 1. The van der Waals surface area contributed by atoms with Gasteiger partial charge >= 0.3 is 12.3 Å². The van der Waals surface area contributed by atoms with E-state index in [1.165, 1.54) is 0 Å². The molecule has 1 amide bonds. The lowest BCUT2D eigenvalue weighted by Gasteiger charge is -2.31. The highest BCUT2D eigenvalue weighted by Crippen LogP contribution is 2.24. The number of carbonyl (C=O) groups is 1. The lowest BCUT2D eigenvalue weighted by Crippen LogP contribution is -2.48. The number of piperidine rings is 1. The van der Waals surface area contributed by atoms with E-state index in [0.717, 1.165) is 5.56 Å². The summed E-state index contributed by atoms with van der Waals surface area (Å²) in [6.45, 7) is 3.70. The number of benzene rings is 1. The summed E-state index contributed by atoms with van der Waals surface area (Å²) in [4.78, 5) is 17.6. The number of alkyl halides is 3. The van der Waals surface area contributed by atoms with E-state index in [2.05, 4.69) is 10.3 Å². The fourth-order valence-corrected chi connectivity index (χ4v) is 2.93. The van der Waals surface area contributed by atoms with Crippen molar-refractivity contribution in [3.05, 3.63) is 29.3 Å². The summed E-state index contributed by atoms with van der Waals surface area (Å²) >= 11 is 0. The van der Waals surface area contributed by atoms with Crippen LogP contribution in [0.1, 0.15) is 30.9 Å². The van der Waals surface area contributed by atoms with E-state index in [-0.39, 0.29) is 54.4 Å². The summed E-state index contributed by atoms with van der Waals surface area (Å²) in [5, 5.41) is 3.10. The maximum Gasteiger partial charge on any atom is 0.422 e. The molecule has 0 radical (unpaired) electrons. The Kier molecular flexibility index (Phi) is 10.5. The number of nitrogens with zero attached hydrogens (tertiary/aromatic N) is 2. The molecule has 1 aliphatic heterocycles. The Morgan fingerprint density at radius 3 is 2.60 bits per heavy atom. The standard InChI is InChI=1S/C19H27F3N4O3.HI/c1-3-28-18(27)26-8-6-15(7-9-26)25-17(23)24-11-14-5-4-13(2)10-16(14)29-12-19(20,21)22;/h4-5,10,15H,3,6-9,11-12H2,1-2H3,(H3,23,24,25);1H. The number of halogens is 4. The molecule has 0 aliphatic carbocycles. The molecule has 11 heteroatoms. The van der Waals surface area contributed by atoms with E-state index in [0.29, 0.717) is 38.1 Å². The number of guanidine groups is 1. The van der Waals surface area contributed by atoms with Gasteiger partial charge in [-0.2, -0.15) is 13.2 Å². The number of rotatable bonds is 6. The smallest absolute Gasteiger partial charge is 0.422 e. The Hall–Kier alpha value is -1.92. The first-order chi connectivity index (χ1) is 13.7. The Labute approximate surface area is 191 Å². The first kappa shape index (κ1) is 26.1. The first-order valence-electron chi connectivity index (χ1n) is 9.45. The van der Waals surface area contributed by atoms with Gasteiger partial charge in [-0.3, -0.25) is 0 Å². The minimum absolute atomic E-state index is 0. The molecule has 7 nitrogen and oxygen atoms in total. The maximum atomic E-state index is 12.5. The molecule has 1 saturated heterocycles. The van der Waals surface area contributed by atoms with Gasteiger partial charge in [0.25, 0.3) is 0 Å². The topological polar surface area (TPSA) is 89.2 Å². The molecule has 0 bridgehead atoms. The van der Waals surface area contributed by atoms with Crippen LogP contribution in [-0.2, 0) is 11.3 Å². The van der Waals surface area contributed by atoms with Crippen molar-refractivity contribution >= 4 is 36.0 Å². The summed E-state index contributed by atoms with van der Waals surface area (Å²) in [5.41, 5.74) is 7.23. The number of ether oxygens (including phenoxy) is 2. The van der Waals surface area contributed by atoms with E-state index in [1.54, 1.807) is 36.9 Å². The number of nitrogens with two attached hydrogens (primary N) is 1. The zero-order valence-corrected chi connectivity index (χ0v) is 19.3. The molecule has 2 rings (SSSR count). The number of aliphatic imine (C=N–C) groups is 1. The van der Waals surface area contributed by atoms with E-state index < -0.39 is 12.8 Å². The first-order valence-corrected chi connectivity index (χ1v) is 9.45. The summed E-state index contributed by atoms with van der Waals surface area (Å²) in [6.07, 6.45) is -3.35. The molecule has 30 heavy (non-hydrogen) atoms. The molecule has 1 heterocycles. The van der Waals surface area contributed by atoms with Gasteiger partial charge in [0.1, 0.15) is 5.75 Å². The van der Waals surface area contributed by atoms with Crippen LogP contribution in [0.3, 0.4) is 0 Å². The van der Waals surface area contributed by atoms with Crippen LogP contribution < -0.4 is 15.8 Å².